The molecule has 1 aliphatic rings. The van der Waals surface area contributed by atoms with Crippen LogP contribution in [0.3, 0.4) is 0 Å². The summed E-state index contributed by atoms with van der Waals surface area (Å²) in [6.07, 6.45) is 2.44. The van der Waals surface area contributed by atoms with Crippen molar-refractivity contribution in [3.8, 4) is 0 Å². The fourth-order valence-electron chi connectivity index (χ4n) is 2.82. The summed E-state index contributed by atoms with van der Waals surface area (Å²) in [7, 11) is -3.67. The molecule has 0 saturated carbocycles. The van der Waals surface area contributed by atoms with Gasteiger partial charge in [-0.3, -0.25) is 0 Å². The van der Waals surface area contributed by atoms with Crippen LogP contribution in [0.15, 0.2) is 27.6 Å². The summed E-state index contributed by atoms with van der Waals surface area (Å²) in [6, 6.07) is 4.07. The number of aromatic carboxylic acids is 1. The number of carboxylic acid groups (broad SMARTS) is 1. The van der Waals surface area contributed by atoms with Crippen molar-refractivity contribution in [3.63, 3.8) is 0 Å². The van der Waals surface area contributed by atoms with Gasteiger partial charge in [-0.05, 0) is 60.3 Å². The first-order valence-electron chi connectivity index (χ1n) is 6.85. The van der Waals surface area contributed by atoms with Crippen LogP contribution < -0.4 is 0 Å². The molecule has 0 bridgehead atoms. The van der Waals surface area contributed by atoms with Crippen molar-refractivity contribution in [1.29, 1.82) is 0 Å². The predicted octanol–water partition coefficient (Wildman–Crippen LogP) is 3.10. The smallest absolute Gasteiger partial charge is 0.336 e. The van der Waals surface area contributed by atoms with Crippen molar-refractivity contribution in [3.05, 3.63) is 28.2 Å². The number of carboxylic acids is 1. The van der Waals surface area contributed by atoms with Crippen LogP contribution in [0.2, 0.25) is 0 Å². The van der Waals surface area contributed by atoms with Crippen molar-refractivity contribution >= 4 is 31.9 Å². The molecule has 1 aromatic rings. The van der Waals surface area contributed by atoms with E-state index in [4.69, 9.17) is 5.11 Å². The zero-order valence-electron chi connectivity index (χ0n) is 11.9. The molecule has 1 heterocycles. The molecule has 5 nitrogen and oxygen atoms in total. The van der Waals surface area contributed by atoms with Crippen molar-refractivity contribution < 1.29 is 18.3 Å². The maximum Gasteiger partial charge on any atom is 0.336 e. The Morgan fingerprint density at radius 2 is 2.10 bits per heavy atom. The van der Waals surface area contributed by atoms with Gasteiger partial charge in [-0.15, -0.1) is 0 Å². The van der Waals surface area contributed by atoms with Gasteiger partial charge in [0.15, 0.2) is 0 Å². The second-order valence-corrected chi connectivity index (χ2v) is 7.97. The summed E-state index contributed by atoms with van der Waals surface area (Å²) in [4.78, 5) is 11.2. The number of hydrogen-bond acceptors (Lipinski definition) is 3. The molecule has 2 rings (SSSR count). The average molecular weight is 376 g/mol. The number of nitrogens with zero attached hydrogens (tertiary/aromatic N) is 1. The molecular formula is C14H18BrNO4S. The Balaban J connectivity index is 2.49. The molecule has 7 heteroatoms. The number of benzene rings is 1. The van der Waals surface area contributed by atoms with E-state index >= 15 is 0 Å². The van der Waals surface area contributed by atoms with Crippen molar-refractivity contribution in [1.82, 2.24) is 4.31 Å². The largest absolute Gasteiger partial charge is 0.478 e. The third-order valence-electron chi connectivity index (χ3n) is 3.93. The van der Waals surface area contributed by atoms with Gasteiger partial charge < -0.3 is 5.11 Å². The quantitative estimate of drug-likeness (QED) is 0.876. The number of rotatable bonds is 4. The van der Waals surface area contributed by atoms with Crippen molar-refractivity contribution in [2.45, 2.75) is 50.1 Å². The number of halogens is 1. The second-order valence-electron chi connectivity index (χ2n) is 5.27. The zero-order chi connectivity index (χ0) is 15.8. The lowest BCUT2D eigenvalue weighted by molar-refractivity contribution is 0.0695. The van der Waals surface area contributed by atoms with Crippen molar-refractivity contribution in [2.75, 3.05) is 0 Å². The van der Waals surface area contributed by atoms with Crippen LogP contribution in [0, 0.1) is 0 Å². The zero-order valence-corrected chi connectivity index (χ0v) is 14.3. The Kier molecular flexibility index (Phi) is 4.75. The molecular weight excluding hydrogens is 358 g/mol. The summed E-state index contributed by atoms with van der Waals surface area (Å²) >= 11 is 3.13. The summed E-state index contributed by atoms with van der Waals surface area (Å²) in [5, 5.41) is 9.13. The van der Waals surface area contributed by atoms with Gasteiger partial charge in [0.1, 0.15) is 0 Å². The summed E-state index contributed by atoms with van der Waals surface area (Å²) < 4.78 is 27.5. The van der Waals surface area contributed by atoms with Crippen LogP contribution in [0.1, 0.15) is 43.5 Å². The Hall–Kier alpha value is -0.920. The van der Waals surface area contributed by atoms with Gasteiger partial charge in [0, 0.05) is 16.6 Å². The first-order valence-corrected chi connectivity index (χ1v) is 9.08. The van der Waals surface area contributed by atoms with E-state index in [2.05, 4.69) is 15.9 Å². The lowest BCUT2D eigenvalue weighted by atomic mass is 10.2. The minimum atomic E-state index is -3.67. The topological polar surface area (TPSA) is 74.7 Å². The maximum absolute atomic E-state index is 12.8. The van der Waals surface area contributed by atoms with Crippen LogP contribution in [-0.2, 0) is 10.0 Å². The standard InChI is InChI=1S/C14H18BrNO4S/c1-3-10-5-4-9(2)16(10)21(19,20)11-6-7-13(15)12(8-11)14(17)18/h6-10H,3-5H2,1-2H3,(H,17,18). The Labute approximate surface area is 133 Å². The highest BCUT2D eigenvalue weighted by Crippen LogP contribution is 2.33. The molecule has 0 aromatic heterocycles. The van der Waals surface area contributed by atoms with Crippen LogP contribution in [0.5, 0.6) is 0 Å². The molecule has 0 amide bonds. The second kappa shape index (κ2) is 6.06. The molecule has 2 unspecified atom stereocenters. The molecule has 0 radical (unpaired) electrons. The maximum atomic E-state index is 12.8. The van der Waals surface area contributed by atoms with Gasteiger partial charge in [0.25, 0.3) is 0 Å². The van der Waals surface area contributed by atoms with Gasteiger partial charge >= 0.3 is 5.97 Å². The molecule has 0 aliphatic carbocycles. The Morgan fingerprint density at radius 3 is 2.67 bits per heavy atom. The number of carbonyl (C=O) groups is 1. The van der Waals surface area contributed by atoms with Gasteiger partial charge in [0.2, 0.25) is 10.0 Å². The highest BCUT2D eigenvalue weighted by atomic mass is 79.9. The molecule has 1 N–H and O–H groups in total. The first-order chi connectivity index (χ1) is 9.78. The van der Waals surface area contributed by atoms with Gasteiger partial charge in [-0.2, -0.15) is 4.31 Å². The first kappa shape index (κ1) is 16.5. The van der Waals surface area contributed by atoms with Gasteiger partial charge in [-0.25, -0.2) is 13.2 Å². The highest BCUT2D eigenvalue weighted by Gasteiger charge is 2.39. The average Bonchev–Trinajstić information content (AvgIpc) is 2.80. The molecule has 2 atom stereocenters. The Bertz CT molecular complexity index is 659. The molecule has 116 valence electrons. The SMILES string of the molecule is CCC1CCC(C)N1S(=O)(=O)c1ccc(Br)c(C(=O)O)c1. The lowest BCUT2D eigenvalue weighted by Gasteiger charge is -2.27. The van der Waals surface area contributed by atoms with E-state index in [0.29, 0.717) is 4.47 Å². The fourth-order valence-corrected chi connectivity index (χ4v) is 5.21. The molecule has 1 aromatic carbocycles. The van der Waals surface area contributed by atoms with E-state index in [1.165, 1.54) is 22.5 Å². The van der Waals surface area contributed by atoms with E-state index in [9.17, 15) is 13.2 Å². The predicted molar refractivity (Wildman–Crippen MR) is 82.9 cm³/mol. The molecule has 1 saturated heterocycles. The third kappa shape index (κ3) is 3.00. The lowest BCUT2D eigenvalue weighted by Crippen LogP contribution is -2.39. The molecule has 0 spiro atoms. The number of sulfonamides is 1. The highest BCUT2D eigenvalue weighted by molar-refractivity contribution is 9.10. The van der Waals surface area contributed by atoms with Crippen LogP contribution in [0.25, 0.3) is 0 Å². The summed E-state index contributed by atoms with van der Waals surface area (Å²) in [5.74, 6) is -1.15. The number of hydrogen-bond donors (Lipinski definition) is 1. The van der Waals surface area contributed by atoms with E-state index < -0.39 is 16.0 Å². The van der Waals surface area contributed by atoms with E-state index in [-0.39, 0.29) is 22.5 Å². The molecule has 21 heavy (non-hydrogen) atoms. The fraction of sp³-hybridized carbons (Fsp3) is 0.500. The summed E-state index contributed by atoms with van der Waals surface area (Å²) in [5.41, 5.74) is -0.0454. The van der Waals surface area contributed by atoms with Gasteiger partial charge in [0.05, 0.1) is 10.5 Å². The minimum Gasteiger partial charge on any atom is -0.478 e. The van der Waals surface area contributed by atoms with E-state index in [1.807, 2.05) is 13.8 Å². The summed E-state index contributed by atoms with van der Waals surface area (Å²) in [6.45, 7) is 3.86. The van der Waals surface area contributed by atoms with Gasteiger partial charge in [-0.1, -0.05) is 6.92 Å². The van der Waals surface area contributed by atoms with E-state index in [0.717, 1.165) is 19.3 Å². The van der Waals surface area contributed by atoms with E-state index in [1.54, 1.807) is 0 Å². The van der Waals surface area contributed by atoms with Crippen molar-refractivity contribution in [2.24, 2.45) is 0 Å². The Morgan fingerprint density at radius 1 is 1.43 bits per heavy atom. The molecule has 1 fully saturated rings. The third-order valence-corrected chi connectivity index (χ3v) is 6.68. The van der Waals surface area contributed by atoms with Crippen LogP contribution in [-0.4, -0.2) is 35.9 Å². The van der Waals surface area contributed by atoms with Crippen LogP contribution >= 0.6 is 15.9 Å². The normalized spacial score (nSPS) is 23.4. The minimum absolute atomic E-state index is 0.0121. The van der Waals surface area contributed by atoms with Crippen LogP contribution in [0.4, 0.5) is 0 Å². The molecule has 1 aliphatic heterocycles. The monoisotopic (exact) mass is 375 g/mol.